The van der Waals surface area contributed by atoms with Gasteiger partial charge in [0.25, 0.3) is 0 Å². The van der Waals surface area contributed by atoms with Gasteiger partial charge in [-0.3, -0.25) is 0 Å². The van der Waals surface area contributed by atoms with Gasteiger partial charge in [0.2, 0.25) is 0 Å². The van der Waals surface area contributed by atoms with Crippen LogP contribution >= 0.6 is 0 Å². The molecule has 0 saturated heterocycles. The monoisotopic (exact) mass is 283 g/mol. The molecule has 0 aromatic heterocycles. The number of nitrogens with two attached hydrogens (primary N) is 1. The number of rotatable bonds is 7. The van der Waals surface area contributed by atoms with E-state index in [4.69, 9.17) is 10.5 Å². The molecule has 0 saturated carbocycles. The van der Waals surface area contributed by atoms with Gasteiger partial charge in [0.05, 0.1) is 6.61 Å². The molecule has 2 aromatic rings. The molecule has 21 heavy (non-hydrogen) atoms. The van der Waals surface area contributed by atoms with Crippen molar-refractivity contribution in [3.63, 3.8) is 0 Å². The van der Waals surface area contributed by atoms with E-state index in [1.165, 1.54) is 16.7 Å². The van der Waals surface area contributed by atoms with Crippen molar-refractivity contribution in [2.45, 2.75) is 32.6 Å². The van der Waals surface area contributed by atoms with Crippen LogP contribution in [0.4, 0.5) is 0 Å². The smallest absolute Gasteiger partial charge is 0.119 e. The Labute approximate surface area is 127 Å². The van der Waals surface area contributed by atoms with Crippen LogP contribution in [0.3, 0.4) is 0 Å². The van der Waals surface area contributed by atoms with Crippen LogP contribution in [0.2, 0.25) is 0 Å². The molecule has 2 N–H and O–H groups in total. The third-order valence-electron chi connectivity index (χ3n) is 3.69. The highest BCUT2D eigenvalue weighted by atomic mass is 16.5. The van der Waals surface area contributed by atoms with Crippen molar-refractivity contribution in [3.8, 4) is 5.75 Å². The second-order valence-corrected chi connectivity index (χ2v) is 5.54. The summed E-state index contributed by atoms with van der Waals surface area (Å²) in [7, 11) is 0. The highest BCUT2D eigenvalue weighted by Crippen LogP contribution is 2.24. The molecule has 2 rings (SSSR count). The Morgan fingerprint density at radius 1 is 1.10 bits per heavy atom. The van der Waals surface area contributed by atoms with Crippen molar-refractivity contribution < 1.29 is 4.74 Å². The zero-order chi connectivity index (χ0) is 15.1. The molecule has 0 radical (unpaired) electrons. The molecule has 0 amide bonds. The second-order valence-electron chi connectivity index (χ2n) is 5.54. The fourth-order valence-electron chi connectivity index (χ4n) is 2.42. The third-order valence-corrected chi connectivity index (χ3v) is 3.69. The lowest BCUT2D eigenvalue weighted by atomic mass is 9.91. The fraction of sp³-hybridized carbons (Fsp3) is 0.368. The number of benzene rings is 2. The topological polar surface area (TPSA) is 35.2 Å². The normalized spacial score (nSPS) is 12.1. The predicted molar refractivity (Wildman–Crippen MR) is 88.9 cm³/mol. The molecule has 0 spiro atoms. The molecule has 0 fully saturated rings. The summed E-state index contributed by atoms with van der Waals surface area (Å²) in [5.41, 5.74) is 9.87. The molecule has 112 valence electrons. The highest BCUT2D eigenvalue weighted by Gasteiger charge is 2.11. The Morgan fingerprint density at radius 3 is 2.52 bits per heavy atom. The zero-order valence-corrected chi connectivity index (χ0v) is 13.0. The maximum Gasteiger partial charge on any atom is 0.119 e. The van der Waals surface area contributed by atoms with Crippen LogP contribution in [0.1, 0.15) is 36.0 Å². The summed E-state index contributed by atoms with van der Waals surface area (Å²) in [6.07, 6.45) is 1.99. The molecule has 0 aliphatic rings. The van der Waals surface area contributed by atoms with Crippen LogP contribution in [0.15, 0.2) is 48.5 Å². The first-order valence-electron chi connectivity index (χ1n) is 7.71. The largest absolute Gasteiger partial charge is 0.494 e. The van der Waals surface area contributed by atoms with Gasteiger partial charge in [0.1, 0.15) is 5.75 Å². The maximum absolute atomic E-state index is 5.99. The Kier molecular flexibility index (Phi) is 5.82. The van der Waals surface area contributed by atoms with Gasteiger partial charge in [-0.1, -0.05) is 48.9 Å². The maximum atomic E-state index is 5.99. The summed E-state index contributed by atoms with van der Waals surface area (Å²) in [5.74, 6) is 1.27. The van der Waals surface area contributed by atoms with Gasteiger partial charge in [0, 0.05) is 5.92 Å². The summed E-state index contributed by atoms with van der Waals surface area (Å²) in [4.78, 5) is 0. The summed E-state index contributed by atoms with van der Waals surface area (Å²) in [6.45, 7) is 5.63. The van der Waals surface area contributed by atoms with Gasteiger partial charge in [-0.2, -0.15) is 0 Å². The van der Waals surface area contributed by atoms with Crippen molar-refractivity contribution in [2.75, 3.05) is 13.2 Å². The summed E-state index contributed by atoms with van der Waals surface area (Å²) < 4.78 is 5.72. The molecule has 0 aliphatic heterocycles. The van der Waals surface area contributed by atoms with Gasteiger partial charge in [-0.05, 0) is 49.6 Å². The Morgan fingerprint density at radius 2 is 1.86 bits per heavy atom. The van der Waals surface area contributed by atoms with Crippen LogP contribution in [0.5, 0.6) is 5.75 Å². The van der Waals surface area contributed by atoms with Gasteiger partial charge in [-0.15, -0.1) is 0 Å². The second kappa shape index (κ2) is 7.84. The lowest BCUT2D eigenvalue weighted by Gasteiger charge is -2.17. The van der Waals surface area contributed by atoms with Crippen LogP contribution in [-0.4, -0.2) is 13.2 Å². The fourth-order valence-corrected chi connectivity index (χ4v) is 2.42. The van der Waals surface area contributed by atoms with E-state index < -0.39 is 0 Å². The van der Waals surface area contributed by atoms with Crippen molar-refractivity contribution in [2.24, 2.45) is 5.73 Å². The lowest BCUT2D eigenvalue weighted by Crippen LogP contribution is -2.15. The molecule has 1 atom stereocenters. The molecule has 2 aromatic carbocycles. The van der Waals surface area contributed by atoms with Crippen molar-refractivity contribution in [1.82, 2.24) is 0 Å². The van der Waals surface area contributed by atoms with Crippen LogP contribution in [-0.2, 0) is 6.42 Å². The van der Waals surface area contributed by atoms with Crippen LogP contribution in [0.25, 0.3) is 0 Å². The van der Waals surface area contributed by atoms with E-state index >= 15 is 0 Å². The van der Waals surface area contributed by atoms with E-state index in [2.05, 4.69) is 56.3 Å². The lowest BCUT2D eigenvalue weighted by molar-refractivity contribution is 0.317. The minimum atomic E-state index is 0.331. The standard InChI is InChI=1S/C19H25NO/c1-3-11-21-19-6-4-5-17(13-19)18(14-20)12-16-9-7-15(2)8-10-16/h4-10,13,18H,3,11-12,14,20H2,1-2H3. The van der Waals surface area contributed by atoms with Crippen LogP contribution < -0.4 is 10.5 Å². The van der Waals surface area contributed by atoms with E-state index in [1.807, 2.05) is 6.07 Å². The molecule has 2 nitrogen and oxygen atoms in total. The first-order valence-corrected chi connectivity index (χ1v) is 7.71. The molecule has 0 heterocycles. The van der Waals surface area contributed by atoms with E-state index in [0.717, 1.165) is 25.2 Å². The van der Waals surface area contributed by atoms with Gasteiger partial charge < -0.3 is 10.5 Å². The Bertz CT molecular complexity index is 548. The predicted octanol–water partition coefficient (Wildman–Crippen LogP) is 4.07. The molecular formula is C19H25NO. The Hall–Kier alpha value is -1.80. The van der Waals surface area contributed by atoms with Crippen molar-refractivity contribution >= 4 is 0 Å². The van der Waals surface area contributed by atoms with E-state index in [0.29, 0.717) is 12.5 Å². The van der Waals surface area contributed by atoms with Gasteiger partial charge >= 0.3 is 0 Å². The van der Waals surface area contributed by atoms with E-state index in [9.17, 15) is 0 Å². The van der Waals surface area contributed by atoms with E-state index in [1.54, 1.807) is 0 Å². The number of hydrogen-bond donors (Lipinski definition) is 1. The SMILES string of the molecule is CCCOc1cccc(C(CN)Cc2ccc(C)cc2)c1. The molecule has 2 heteroatoms. The molecule has 1 unspecified atom stereocenters. The average molecular weight is 283 g/mol. The van der Waals surface area contributed by atoms with E-state index in [-0.39, 0.29) is 0 Å². The minimum absolute atomic E-state index is 0.331. The number of hydrogen-bond acceptors (Lipinski definition) is 2. The number of ether oxygens (including phenoxy) is 1. The van der Waals surface area contributed by atoms with Gasteiger partial charge in [-0.25, -0.2) is 0 Å². The summed E-state index contributed by atoms with van der Waals surface area (Å²) >= 11 is 0. The van der Waals surface area contributed by atoms with Crippen LogP contribution in [0, 0.1) is 6.92 Å². The Balaban J connectivity index is 2.11. The van der Waals surface area contributed by atoms with Crippen molar-refractivity contribution in [3.05, 3.63) is 65.2 Å². The quantitative estimate of drug-likeness (QED) is 0.831. The first-order chi connectivity index (χ1) is 10.2. The summed E-state index contributed by atoms with van der Waals surface area (Å²) in [5, 5.41) is 0. The molecule has 0 bridgehead atoms. The zero-order valence-electron chi connectivity index (χ0n) is 13.0. The third kappa shape index (κ3) is 4.61. The molecular weight excluding hydrogens is 258 g/mol. The summed E-state index contributed by atoms with van der Waals surface area (Å²) in [6, 6.07) is 17.0. The van der Waals surface area contributed by atoms with Gasteiger partial charge in [0.15, 0.2) is 0 Å². The minimum Gasteiger partial charge on any atom is -0.494 e. The molecule has 0 aliphatic carbocycles. The number of aryl methyl sites for hydroxylation is 1. The average Bonchev–Trinajstić information content (AvgIpc) is 2.52. The van der Waals surface area contributed by atoms with Crippen molar-refractivity contribution in [1.29, 1.82) is 0 Å². The highest BCUT2D eigenvalue weighted by molar-refractivity contribution is 5.33. The first kappa shape index (κ1) is 15.6.